The van der Waals surface area contributed by atoms with Crippen molar-refractivity contribution in [1.82, 2.24) is 9.80 Å². The molecule has 1 atom stereocenters. The van der Waals surface area contributed by atoms with E-state index >= 15 is 0 Å². The van der Waals surface area contributed by atoms with E-state index in [0.29, 0.717) is 23.6 Å². The summed E-state index contributed by atoms with van der Waals surface area (Å²) in [4.78, 5) is 31.8. The third kappa shape index (κ3) is 5.17. The lowest BCUT2D eigenvalue weighted by atomic mass is 9.93. The summed E-state index contributed by atoms with van der Waals surface area (Å²) in [5.41, 5.74) is 2.29. The highest BCUT2D eigenvalue weighted by molar-refractivity contribution is 7.10. The van der Waals surface area contributed by atoms with Gasteiger partial charge in [0.05, 0.1) is 20.3 Å². The third-order valence-corrected chi connectivity index (χ3v) is 7.26. The van der Waals surface area contributed by atoms with Crippen LogP contribution in [0.1, 0.15) is 46.3 Å². The maximum absolute atomic E-state index is 13.7. The molecular weight excluding hydrogens is 467 g/mol. The van der Waals surface area contributed by atoms with Gasteiger partial charge >= 0.3 is 0 Å². The highest BCUT2D eigenvalue weighted by Crippen LogP contribution is 2.38. The summed E-state index contributed by atoms with van der Waals surface area (Å²) in [5, 5.41) is 2.02. The normalized spacial score (nSPS) is 15.0. The summed E-state index contributed by atoms with van der Waals surface area (Å²) in [6.45, 7) is 4.22. The van der Waals surface area contributed by atoms with Crippen molar-refractivity contribution >= 4 is 23.2 Å². The van der Waals surface area contributed by atoms with Crippen molar-refractivity contribution in [3.8, 4) is 11.5 Å². The fourth-order valence-electron chi connectivity index (χ4n) is 4.41. The monoisotopic (exact) mass is 496 g/mol. The number of ether oxygens (including phenoxy) is 2. The van der Waals surface area contributed by atoms with Crippen LogP contribution in [0.2, 0.25) is 0 Å². The number of methoxy groups -OCH3 is 2. The van der Waals surface area contributed by atoms with Gasteiger partial charge in [-0.15, -0.1) is 11.3 Å². The molecule has 184 valence electrons. The van der Waals surface area contributed by atoms with Crippen molar-refractivity contribution < 1.29 is 23.5 Å². The SMILES string of the molecule is COc1cc(OC)cc(C(=O)N(CC(=O)N2CCc3sccc3C2c2ccc(F)cc2)C(C)C)c1. The molecule has 0 saturated carbocycles. The predicted octanol–water partition coefficient (Wildman–Crippen LogP) is 4.93. The van der Waals surface area contributed by atoms with Crippen molar-refractivity contribution in [2.24, 2.45) is 0 Å². The minimum atomic E-state index is -0.321. The molecule has 1 unspecified atom stereocenters. The number of fused-ring (bicyclic) bond motifs is 1. The molecule has 3 aromatic rings. The molecule has 4 rings (SSSR count). The Kier molecular flexibility index (Phi) is 7.40. The first kappa shape index (κ1) is 24.7. The van der Waals surface area contributed by atoms with Crippen molar-refractivity contribution in [2.75, 3.05) is 27.3 Å². The molecule has 0 radical (unpaired) electrons. The summed E-state index contributed by atoms with van der Waals surface area (Å²) in [6.07, 6.45) is 0.749. The molecular formula is C27H29FN2O4S. The number of nitrogens with zero attached hydrogens (tertiary/aromatic N) is 2. The quantitative estimate of drug-likeness (QED) is 0.466. The average molecular weight is 497 g/mol. The second-order valence-electron chi connectivity index (χ2n) is 8.72. The van der Waals surface area contributed by atoms with Gasteiger partial charge in [0.1, 0.15) is 23.9 Å². The van der Waals surface area contributed by atoms with E-state index in [0.717, 1.165) is 17.5 Å². The van der Waals surface area contributed by atoms with Crippen LogP contribution in [0.15, 0.2) is 53.9 Å². The van der Waals surface area contributed by atoms with E-state index < -0.39 is 0 Å². The molecule has 0 aliphatic carbocycles. The van der Waals surface area contributed by atoms with Crippen LogP contribution in [0.3, 0.4) is 0 Å². The zero-order valence-corrected chi connectivity index (χ0v) is 21.1. The lowest BCUT2D eigenvalue weighted by molar-refractivity contribution is -0.134. The Bertz CT molecular complexity index is 1190. The van der Waals surface area contributed by atoms with Gasteiger partial charge in [0.2, 0.25) is 5.91 Å². The Labute approximate surface area is 208 Å². The topological polar surface area (TPSA) is 59.1 Å². The number of carbonyl (C=O) groups excluding carboxylic acids is 2. The molecule has 2 heterocycles. The largest absolute Gasteiger partial charge is 0.497 e. The molecule has 0 N–H and O–H groups in total. The molecule has 1 aliphatic heterocycles. The lowest BCUT2D eigenvalue weighted by Gasteiger charge is -2.38. The first-order valence-corrected chi connectivity index (χ1v) is 12.4. The van der Waals surface area contributed by atoms with Gasteiger partial charge in [-0.25, -0.2) is 4.39 Å². The Balaban J connectivity index is 1.63. The second kappa shape index (κ2) is 10.5. The number of halogens is 1. The second-order valence-corrected chi connectivity index (χ2v) is 9.72. The van der Waals surface area contributed by atoms with Crippen LogP contribution >= 0.6 is 11.3 Å². The number of hydrogen-bond acceptors (Lipinski definition) is 5. The van der Waals surface area contributed by atoms with Gasteiger partial charge in [-0.1, -0.05) is 12.1 Å². The van der Waals surface area contributed by atoms with Crippen LogP contribution in [0.4, 0.5) is 4.39 Å². The van der Waals surface area contributed by atoms with E-state index in [9.17, 15) is 14.0 Å². The highest BCUT2D eigenvalue weighted by Gasteiger charge is 2.34. The predicted molar refractivity (Wildman–Crippen MR) is 134 cm³/mol. The number of rotatable bonds is 7. The van der Waals surface area contributed by atoms with Crippen molar-refractivity contribution in [1.29, 1.82) is 0 Å². The van der Waals surface area contributed by atoms with Crippen LogP contribution in [0.5, 0.6) is 11.5 Å². The van der Waals surface area contributed by atoms with Crippen molar-refractivity contribution in [3.63, 3.8) is 0 Å². The first-order chi connectivity index (χ1) is 16.8. The number of thiophene rings is 1. The number of amides is 2. The van der Waals surface area contributed by atoms with Crippen LogP contribution in [0.25, 0.3) is 0 Å². The smallest absolute Gasteiger partial charge is 0.254 e. The van der Waals surface area contributed by atoms with Gasteiger partial charge in [0.15, 0.2) is 0 Å². The molecule has 2 aromatic carbocycles. The van der Waals surface area contributed by atoms with Crippen molar-refractivity contribution in [2.45, 2.75) is 32.4 Å². The first-order valence-electron chi connectivity index (χ1n) is 11.5. The van der Waals surface area contributed by atoms with E-state index in [4.69, 9.17) is 9.47 Å². The molecule has 1 aliphatic rings. The van der Waals surface area contributed by atoms with Crippen LogP contribution in [-0.4, -0.2) is 55.0 Å². The molecule has 8 heteroatoms. The summed E-state index contributed by atoms with van der Waals surface area (Å²) in [7, 11) is 3.05. The standard InChI is InChI=1S/C27H29FN2O4S/c1-17(2)30(27(32)19-13-21(33-3)15-22(14-19)34-4)16-25(31)29-11-9-24-23(10-12-35-24)26(29)18-5-7-20(28)8-6-18/h5-8,10,12-15,17,26H,9,11,16H2,1-4H3. The van der Waals surface area contributed by atoms with E-state index in [1.807, 2.05) is 25.3 Å². The Hall–Kier alpha value is -3.39. The Morgan fingerprint density at radius 3 is 2.34 bits per heavy atom. The zero-order chi connectivity index (χ0) is 25.1. The lowest BCUT2D eigenvalue weighted by Crippen LogP contribution is -2.48. The van der Waals surface area contributed by atoms with Gasteiger partial charge in [-0.2, -0.15) is 0 Å². The molecule has 6 nitrogen and oxygen atoms in total. The van der Waals surface area contributed by atoms with E-state index in [2.05, 4.69) is 0 Å². The summed E-state index contributed by atoms with van der Waals surface area (Å²) in [6, 6.07) is 12.8. The van der Waals surface area contributed by atoms with Crippen LogP contribution in [-0.2, 0) is 11.2 Å². The van der Waals surface area contributed by atoms with Gasteiger partial charge in [-0.05, 0) is 67.1 Å². The summed E-state index contributed by atoms with van der Waals surface area (Å²) < 4.78 is 24.2. The minimum Gasteiger partial charge on any atom is -0.497 e. The Morgan fingerprint density at radius 1 is 1.09 bits per heavy atom. The average Bonchev–Trinajstić information content (AvgIpc) is 3.35. The number of hydrogen-bond donors (Lipinski definition) is 0. The maximum Gasteiger partial charge on any atom is 0.254 e. The molecule has 2 amide bonds. The molecule has 1 aromatic heterocycles. The molecule has 0 spiro atoms. The van der Waals surface area contributed by atoms with E-state index in [1.54, 1.807) is 51.5 Å². The fourth-order valence-corrected chi connectivity index (χ4v) is 5.32. The van der Waals surface area contributed by atoms with E-state index in [-0.39, 0.29) is 36.3 Å². The van der Waals surface area contributed by atoms with Crippen molar-refractivity contribution in [3.05, 3.63) is 81.3 Å². The number of benzene rings is 2. The molecule has 35 heavy (non-hydrogen) atoms. The van der Waals surface area contributed by atoms with Crippen LogP contribution < -0.4 is 9.47 Å². The molecule has 0 fully saturated rings. The Morgan fingerprint density at radius 2 is 1.74 bits per heavy atom. The zero-order valence-electron chi connectivity index (χ0n) is 20.3. The highest BCUT2D eigenvalue weighted by atomic mass is 32.1. The van der Waals surface area contributed by atoms with E-state index in [1.165, 1.54) is 31.2 Å². The number of carbonyl (C=O) groups is 2. The minimum absolute atomic E-state index is 0.0762. The summed E-state index contributed by atoms with van der Waals surface area (Å²) in [5.74, 6) is 0.240. The van der Waals surface area contributed by atoms with Gasteiger partial charge < -0.3 is 19.3 Å². The van der Waals surface area contributed by atoms with Gasteiger partial charge in [0, 0.05) is 29.1 Å². The third-order valence-electron chi connectivity index (χ3n) is 6.26. The van der Waals surface area contributed by atoms with Crippen LogP contribution in [0, 0.1) is 5.82 Å². The van der Waals surface area contributed by atoms with Gasteiger partial charge in [-0.3, -0.25) is 9.59 Å². The molecule has 0 saturated heterocycles. The fraction of sp³-hybridized carbons (Fsp3) is 0.333. The summed E-state index contributed by atoms with van der Waals surface area (Å²) >= 11 is 1.67. The maximum atomic E-state index is 13.7. The molecule has 0 bridgehead atoms. The van der Waals surface area contributed by atoms with Gasteiger partial charge in [0.25, 0.3) is 5.91 Å².